The second-order valence-electron chi connectivity index (χ2n) is 6.13. The van der Waals surface area contributed by atoms with Crippen LogP contribution >= 0.6 is 0 Å². The van der Waals surface area contributed by atoms with Gasteiger partial charge in [0.1, 0.15) is 11.7 Å². The van der Waals surface area contributed by atoms with Crippen molar-refractivity contribution in [1.29, 1.82) is 0 Å². The number of benzene rings is 1. The number of methoxy groups -OCH3 is 1. The average Bonchev–Trinajstić information content (AvgIpc) is 3.02. The third-order valence-corrected chi connectivity index (χ3v) is 4.43. The number of carbonyl (C=O) groups is 2. The summed E-state index contributed by atoms with van der Waals surface area (Å²) in [5.41, 5.74) is 2.20. The van der Waals surface area contributed by atoms with Crippen LogP contribution in [0.5, 0.6) is 5.75 Å². The molecule has 0 saturated carbocycles. The first-order valence-corrected chi connectivity index (χ1v) is 7.99. The van der Waals surface area contributed by atoms with E-state index >= 15 is 0 Å². The zero-order valence-corrected chi connectivity index (χ0v) is 14.2. The first kappa shape index (κ1) is 16.2. The average molecular weight is 327 g/mol. The summed E-state index contributed by atoms with van der Waals surface area (Å²) in [5, 5.41) is 0. The van der Waals surface area contributed by atoms with Crippen LogP contribution in [-0.2, 0) is 4.79 Å². The molecule has 1 amide bonds. The summed E-state index contributed by atoms with van der Waals surface area (Å²) >= 11 is 0. The Morgan fingerprint density at radius 1 is 1.38 bits per heavy atom. The number of amides is 1. The molecule has 3 rings (SSSR count). The largest absolute Gasteiger partial charge is 0.495 e. The van der Waals surface area contributed by atoms with Crippen molar-refractivity contribution >= 4 is 11.7 Å². The zero-order chi connectivity index (χ0) is 17.3. The van der Waals surface area contributed by atoms with Crippen LogP contribution in [0.3, 0.4) is 0 Å². The Labute approximate surface area is 141 Å². The van der Waals surface area contributed by atoms with Crippen LogP contribution in [0.4, 0.5) is 0 Å². The van der Waals surface area contributed by atoms with E-state index in [-0.39, 0.29) is 11.7 Å². The van der Waals surface area contributed by atoms with Crippen LogP contribution in [0.15, 0.2) is 30.7 Å². The molecule has 1 unspecified atom stereocenters. The molecule has 0 radical (unpaired) electrons. The highest BCUT2D eigenvalue weighted by Crippen LogP contribution is 2.28. The quantitative estimate of drug-likeness (QED) is 0.638. The predicted molar refractivity (Wildman–Crippen MR) is 89.5 cm³/mol. The van der Waals surface area contributed by atoms with Gasteiger partial charge < -0.3 is 14.2 Å². The molecule has 6 heteroatoms. The first-order valence-electron chi connectivity index (χ1n) is 7.99. The molecular formula is C18H21N3O3. The molecule has 2 heterocycles. The maximum atomic E-state index is 12.8. The number of carbonyl (C=O) groups excluding carboxylic acids is 2. The minimum absolute atomic E-state index is 0.0977. The standard InChI is InChI=1S/C18H21N3O3/c1-12-10-21(11-19-12)15-7-6-13(9-16(15)24-3)17(22)14-5-4-8-20(2)18(14)23/h6-7,9-11,14H,4-5,8H2,1-3H3. The normalized spacial score (nSPS) is 17.9. The molecule has 1 atom stereocenters. The molecule has 0 N–H and O–H groups in total. The molecule has 24 heavy (non-hydrogen) atoms. The van der Waals surface area contributed by atoms with Crippen LogP contribution < -0.4 is 4.74 Å². The van der Waals surface area contributed by atoms with E-state index in [4.69, 9.17) is 4.74 Å². The maximum Gasteiger partial charge on any atom is 0.233 e. The number of piperidine rings is 1. The highest BCUT2D eigenvalue weighted by molar-refractivity contribution is 6.10. The fraction of sp³-hybridized carbons (Fsp3) is 0.389. The Kier molecular flexibility index (Phi) is 4.38. The van der Waals surface area contributed by atoms with E-state index in [1.165, 1.54) is 0 Å². The fourth-order valence-corrected chi connectivity index (χ4v) is 3.07. The smallest absolute Gasteiger partial charge is 0.233 e. The molecule has 1 aliphatic rings. The lowest BCUT2D eigenvalue weighted by atomic mass is 9.89. The molecule has 1 aromatic heterocycles. The summed E-state index contributed by atoms with van der Waals surface area (Å²) in [4.78, 5) is 30.8. The summed E-state index contributed by atoms with van der Waals surface area (Å²) in [6, 6.07) is 5.27. The monoisotopic (exact) mass is 327 g/mol. The summed E-state index contributed by atoms with van der Waals surface area (Å²) in [6.07, 6.45) is 5.04. The minimum Gasteiger partial charge on any atom is -0.495 e. The number of likely N-dealkylation sites (tertiary alicyclic amines) is 1. The summed E-state index contributed by atoms with van der Waals surface area (Å²) in [6.45, 7) is 2.62. The lowest BCUT2D eigenvalue weighted by Gasteiger charge is -2.28. The van der Waals surface area contributed by atoms with Crippen LogP contribution in [0.25, 0.3) is 5.69 Å². The van der Waals surface area contributed by atoms with Crippen molar-refractivity contribution in [3.63, 3.8) is 0 Å². The van der Waals surface area contributed by atoms with E-state index in [0.29, 0.717) is 24.3 Å². The van der Waals surface area contributed by atoms with Crippen molar-refractivity contribution in [2.75, 3.05) is 20.7 Å². The number of imidazole rings is 1. The molecule has 2 aromatic rings. The number of aromatic nitrogens is 2. The van der Waals surface area contributed by atoms with Gasteiger partial charge in [-0.1, -0.05) is 0 Å². The van der Waals surface area contributed by atoms with Gasteiger partial charge in [-0.3, -0.25) is 9.59 Å². The molecule has 0 aliphatic carbocycles. The van der Waals surface area contributed by atoms with Gasteiger partial charge in [0.15, 0.2) is 5.78 Å². The molecule has 6 nitrogen and oxygen atoms in total. The number of ether oxygens (including phenoxy) is 1. The van der Waals surface area contributed by atoms with Crippen molar-refractivity contribution in [2.45, 2.75) is 19.8 Å². The number of rotatable bonds is 4. The summed E-state index contributed by atoms with van der Waals surface area (Å²) in [5.74, 6) is -0.248. The minimum atomic E-state index is -0.588. The third kappa shape index (κ3) is 2.91. The number of hydrogen-bond donors (Lipinski definition) is 0. The second kappa shape index (κ2) is 6.47. The van der Waals surface area contributed by atoms with E-state index in [9.17, 15) is 9.59 Å². The number of ketones is 1. The van der Waals surface area contributed by atoms with Crippen LogP contribution in [0.1, 0.15) is 28.9 Å². The Morgan fingerprint density at radius 3 is 2.83 bits per heavy atom. The fourth-order valence-electron chi connectivity index (χ4n) is 3.07. The lowest BCUT2D eigenvalue weighted by molar-refractivity contribution is -0.134. The number of nitrogens with zero attached hydrogens (tertiary/aromatic N) is 3. The topological polar surface area (TPSA) is 64.4 Å². The van der Waals surface area contributed by atoms with Gasteiger partial charge in [0.25, 0.3) is 0 Å². The highest BCUT2D eigenvalue weighted by atomic mass is 16.5. The molecule has 0 spiro atoms. The Hall–Kier alpha value is -2.63. The number of Topliss-reactive ketones (excluding diaryl/α,β-unsaturated/α-hetero) is 1. The van der Waals surface area contributed by atoms with Gasteiger partial charge in [-0.15, -0.1) is 0 Å². The molecular weight excluding hydrogens is 306 g/mol. The molecule has 1 aromatic carbocycles. The Morgan fingerprint density at radius 2 is 2.17 bits per heavy atom. The third-order valence-electron chi connectivity index (χ3n) is 4.43. The van der Waals surface area contributed by atoms with E-state index in [1.54, 1.807) is 37.5 Å². The van der Waals surface area contributed by atoms with Crippen molar-refractivity contribution in [1.82, 2.24) is 14.5 Å². The van der Waals surface area contributed by atoms with Crippen molar-refractivity contribution in [2.24, 2.45) is 5.92 Å². The SMILES string of the molecule is COc1cc(C(=O)C2CCCN(C)C2=O)ccc1-n1cnc(C)c1. The van der Waals surface area contributed by atoms with Gasteiger partial charge in [-0.2, -0.15) is 0 Å². The summed E-state index contributed by atoms with van der Waals surface area (Å²) in [7, 11) is 3.31. The van der Waals surface area contributed by atoms with Gasteiger partial charge in [0, 0.05) is 25.4 Å². The van der Waals surface area contributed by atoms with Gasteiger partial charge >= 0.3 is 0 Å². The van der Waals surface area contributed by atoms with Crippen LogP contribution in [-0.4, -0.2) is 46.8 Å². The molecule has 1 saturated heterocycles. The van der Waals surface area contributed by atoms with Crippen molar-refractivity contribution in [3.8, 4) is 11.4 Å². The van der Waals surface area contributed by atoms with Crippen LogP contribution in [0.2, 0.25) is 0 Å². The first-order chi connectivity index (χ1) is 11.5. The van der Waals surface area contributed by atoms with Gasteiger partial charge in [0.05, 0.1) is 24.8 Å². The van der Waals surface area contributed by atoms with E-state index < -0.39 is 5.92 Å². The Balaban J connectivity index is 1.92. The predicted octanol–water partition coefficient (Wildman–Crippen LogP) is 2.24. The summed E-state index contributed by atoms with van der Waals surface area (Å²) < 4.78 is 7.29. The van der Waals surface area contributed by atoms with E-state index in [2.05, 4.69) is 4.98 Å². The van der Waals surface area contributed by atoms with E-state index in [0.717, 1.165) is 17.8 Å². The zero-order valence-electron chi connectivity index (χ0n) is 14.2. The number of aryl methyl sites for hydroxylation is 1. The molecule has 1 fully saturated rings. The van der Waals surface area contributed by atoms with Crippen molar-refractivity contribution in [3.05, 3.63) is 42.0 Å². The lowest BCUT2D eigenvalue weighted by Crippen LogP contribution is -2.41. The van der Waals surface area contributed by atoms with Gasteiger partial charge in [-0.05, 0) is 38.0 Å². The maximum absolute atomic E-state index is 12.8. The van der Waals surface area contributed by atoms with E-state index in [1.807, 2.05) is 23.8 Å². The molecule has 1 aliphatic heterocycles. The molecule has 0 bridgehead atoms. The van der Waals surface area contributed by atoms with Gasteiger partial charge in [-0.25, -0.2) is 4.98 Å². The number of hydrogen-bond acceptors (Lipinski definition) is 4. The van der Waals surface area contributed by atoms with Gasteiger partial charge in [0.2, 0.25) is 5.91 Å². The second-order valence-corrected chi connectivity index (χ2v) is 6.13. The highest BCUT2D eigenvalue weighted by Gasteiger charge is 2.33. The molecule has 126 valence electrons. The van der Waals surface area contributed by atoms with Crippen LogP contribution in [0, 0.1) is 12.8 Å². The Bertz CT molecular complexity index is 782. The van der Waals surface area contributed by atoms with Crippen molar-refractivity contribution < 1.29 is 14.3 Å².